The summed E-state index contributed by atoms with van der Waals surface area (Å²) < 4.78 is 29.4. The van der Waals surface area contributed by atoms with Crippen LogP contribution in [0.15, 0.2) is 30.1 Å². The van der Waals surface area contributed by atoms with Crippen LogP contribution in [0, 0.1) is 36.5 Å². The van der Waals surface area contributed by atoms with Crippen LogP contribution in [0.4, 0.5) is 11.4 Å². The summed E-state index contributed by atoms with van der Waals surface area (Å²) in [5.41, 5.74) is 0.142. The zero-order valence-electron chi connectivity index (χ0n) is 34.8. The maximum absolute atomic E-state index is 14.6. The van der Waals surface area contributed by atoms with Gasteiger partial charge in [0.05, 0.1) is 53.4 Å². The maximum atomic E-state index is 14.6. The number of carbonyl (C=O) groups is 4. The fourth-order valence-corrected chi connectivity index (χ4v) is 8.79. The number of anilines is 2. The van der Waals surface area contributed by atoms with E-state index in [0.717, 1.165) is 0 Å². The number of hydrogen-bond acceptors (Lipinski definition) is 15. The molecule has 7 N–H and O–H groups in total. The molecule has 2 aromatic rings. The number of Topliss-reactive ketones (excluding diaryl/α,β-unsaturated/α-hetero) is 1. The Morgan fingerprint density at radius 1 is 0.966 bits per heavy atom. The van der Waals surface area contributed by atoms with Gasteiger partial charge in [0.1, 0.15) is 17.6 Å². The molecule has 0 radical (unpaired) electrons. The van der Waals surface area contributed by atoms with E-state index in [1.165, 1.54) is 59.3 Å². The van der Waals surface area contributed by atoms with Gasteiger partial charge in [0.15, 0.2) is 17.8 Å². The van der Waals surface area contributed by atoms with Crippen LogP contribution in [0.3, 0.4) is 0 Å². The lowest BCUT2D eigenvalue weighted by atomic mass is 9.79. The number of ketones is 2. The standard InChI is InChI=1S/C43H56N2O14/c1-17-14-29(47)24-15-25(24)36(50)19(3)35(49)20(4)39(58-23(7)46)18(2)30(55-9)12-13-56-43(8)41(53)34-32-27(44-26-10-11-31(48)57-22(26)6)16-28(45-42(17)54)38(52)33(32)37(51)21(5)40(34)59-43/h12-14,16,18-20,22,24-26,30-31,35-36,39,44,48-52H,10-11,15H2,1-9H3,(H,45,54)/b13-12?,17-14-/t18-,19+,20-,22+,24-,25+,26-,30+,31+,35-,36-,39-,43+/m1/s1. The lowest BCUT2D eigenvalue weighted by Gasteiger charge is -2.37. The minimum absolute atomic E-state index is 0.00610. The number of aliphatic hydroxyl groups is 3. The topological polar surface area (TPSA) is 240 Å². The number of nitrogens with one attached hydrogen (secondary N) is 2. The van der Waals surface area contributed by atoms with Crippen molar-refractivity contribution in [2.45, 2.75) is 123 Å². The Kier molecular flexibility index (Phi) is 12.4. The van der Waals surface area contributed by atoms with Gasteiger partial charge in [-0.2, -0.15) is 0 Å². The van der Waals surface area contributed by atoms with Crippen LogP contribution >= 0.6 is 0 Å². The molecule has 2 fully saturated rings. The molecule has 1 saturated carbocycles. The van der Waals surface area contributed by atoms with E-state index < -0.39 is 113 Å². The Labute approximate surface area is 342 Å². The average molecular weight is 825 g/mol. The van der Waals surface area contributed by atoms with Gasteiger partial charge in [-0.05, 0) is 57.7 Å². The molecule has 0 spiro atoms. The Morgan fingerprint density at radius 3 is 2.31 bits per heavy atom. The molecule has 1 saturated heterocycles. The van der Waals surface area contributed by atoms with Crippen molar-refractivity contribution in [3.8, 4) is 17.2 Å². The normalized spacial score (nSPS) is 36.3. The minimum Gasteiger partial charge on any atom is -0.507 e. The number of allylic oxidation sites excluding steroid dienone is 1. The van der Waals surface area contributed by atoms with E-state index in [1.54, 1.807) is 27.7 Å². The average Bonchev–Trinajstić information content (AvgIpc) is 3.94. The molecule has 16 heteroatoms. The summed E-state index contributed by atoms with van der Waals surface area (Å²) in [4.78, 5) is 54.0. The molecule has 4 heterocycles. The lowest BCUT2D eigenvalue weighted by Crippen LogP contribution is -2.46. The van der Waals surface area contributed by atoms with E-state index in [4.69, 9.17) is 23.7 Å². The minimum atomic E-state index is -2.00. The molecular weight excluding hydrogens is 768 g/mol. The molecule has 1 amide bonds. The highest BCUT2D eigenvalue weighted by molar-refractivity contribution is 6.23. The maximum Gasteiger partial charge on any atom is 0.312 e. The summed E-state index contributed by atoms with van der Waals surface area (Å²) in [5, 5.41) is 62.4. The number of benzene rings is 2. The number of phenolic OH excluding ortho intramolecular Hbond substituents is 2. The van der Waals surface area contributed by atoms with Crippen LogP contribution in [0.5, 0.6) is 17.2 Å². The summed E-state index contributed by atoms with van der Waals surface area (Å²) in [6.45, 7) is 12.4. The smallest absolute Gasteiger partial charge is 0.312 e. The van der Waals surface area contributed by atoms with Crippen molar-refractivity contribution in [1.82, 2.24) is 0 Å². The number of amides is 1. The van der Waals surface area contributed by atoms with Gasteiger partial charge in [0.25, 0.3) is 11.7 Å². The van der Waals surface area contributed by atoms with Gasteiger partial charge >= 0.3 is 11.8 Å². The van der Waals surface area contributed by atoms with Crippen molar-refractivity contribution in [2.75, 3.05) is 17.7 Å². The van der Waals surface area contributed by atoms with E-state index in [0.29, 0.717) is 19.3 Å². The van der Waals surface area contributed by atoms with Crippen molar-refractivity contribution in [3.63, 3.8) is 0 Å². The molecule has 2 aromatic carbocycles. The summed E-state index contributed by atoms with van der Waals surface area (Å²) >= 11 is 0. The molecular formula is C43H56N2O14. The number of methoxy groups -OCH3 is 1. The highest BCUT2D eigenvalue weighted by Crippen LogP contribution is 2.54. The van der Waals surface area contributed by atoms with E-state index in [1.807, 2.05) is 0 Å². The number of hydrogen-bond donors (Lipinski definition) is 7. The summed E-state index contributed by atoms with van der Waals surface area (Å²) in [7, 11) is 1.43. The van der Waals surface area contributed by atoms with Crippen molar-refractivity contribution in [2.24, 2.45) is 29.6 Å². The monoisotopic (exact) mass is 824 g/mol. The number of carbonyl (C=O) groups excluding carboxylic acids is 4. The third-order valence-electron chi connectivity index (χ3n) is 12.6. The van der Waals surface area contributed by atoms with Crippen LogP contribution in [0.25, 0.3) is 10.8 Å². The third-order valence-corrected chi connectivity index (χ3v) is 12.6. The number of fused-ring (bicyclic) bond motifs is 12. The molecule has 7 rings (SSSR count). The molecule has 16 nitrogen and oxygen atoms in total. The van der Waals surface area contributed by atoms with Crippen LogP contribution in [-0.2, 0) is 33.3 Å². The van der Waals surface area contributed by atoms with Gasteiger partial charge in [0.2, 0.25) is 0 Å². The van der Waals surface area contributed by atoms with Crippen LogP contribution in [0.2, 0.25) is 0 Å². The second-order valence-electron chi connectivity index (χ2n) is 16.7. The predicted molar refractivity (Wildman–Crippen MR) is 214 cm³/mol. The van der Waals surface area contributed by atoms with Crippen molar-refractivity contribution in [1.29, 1.82) is 0 Å². The van der Waals surface area contributed by atoms with Crippen molar-refractivity contribution >= 4 is 45.6 Å². The largest absolute Gasteiger partial charge is 0.507 e. The number of ether oxygens (including phenoxy) is 5. The van der Waals surface area contributed by atoms with E-state index in [9.17, 15) is 44.7 Å². The van der Waals surface area contributed by atoms with Gasteiger partial charge in [-0.3, -0.25) is 19.2 Å². The predicted octanol–water partition coefficient (Wildman–Crippen LogP) is 4.36. The molecule has 4 aliphatic heterocycles. The van der Waals surface area contributed by atoms with Crippen molar-refractivity contribution < 1.29 is 68.4 Å². The molecule has 322 valence electrons. The van der Waals surface area contributed by atoms with Gasteiger partial charge in [-0.25, -0.2) is 0 Å². The highest BCUT2D eigenvalue weighted by atomic mass is 16.7. The molecule has 1 aliphatic carbocycles. The Hall–Kier alpha value is -4.74. The lowest BCUT2D eigenvalue weighted by molar-refractivity contribution is -0.161. The van der Waals surface area contributed by atoms with Gasteiger partial charge in [-0.1, -0.05) is 20.8 Å². The first-order valence-corrected chi connectivity index (χ1v) is 20.0. The summed E-state index contributed by atoms with van der Waals surface area (Å²) in [6.07, 6.45) is -0.567. The first-order chi connectivity index (χ1) is 27.7. The fourth-order valence-electron chi connectivity index (χ4n) is 8.79. The zero-order chi connectivity index (χ0) is 43.4. The van der Waals surface area contributed by atoms with E-state index >= 15 is 0 Å². The second kappa shape index (κ2) is 16.7. The van der Waals surface area contributed by atoms with Gasteiger partial charge in [0, 0.05) is 73.3 Å². The van der Waals surface area contributed by atoms with Gasteiger partial charge < -0.3 is 59.9 Å². The first kappa shape index (κ1) is 43.8. The number of rotatable bonds is 4. The van der Waals surface area contributed by atoms with E-state index in [2.05, 4.69) is 10.6 Å². The molecule has 0 aromatic heterocycles. The Bertz CT molecular complexity index is 2080. The second-order valence-corrected chi connectivity index (χ2v) is 16.7. The molecule has 13 atom stereocenters. The Morgan fingerprint density at radius 2 is 1.66 bits per heavy atom. The zero-order valence-corrected chi connectivity index (χ0v) is 34.8. The number of aliphatic hydroxyl groups excluding tert-OH is 3. The third kappa shape index (κ3) is 8.25. The number of esters is 1. The molecule has 5 aliphatic rings. The Balaban J connectivity index is 1.49. The number of aromatic hydroxyl groups is 2. The summed E-state index contributed by atoms with van der Waals surface area (Å²) in [5.74, 6) is -8.63. The summed E-state index contributed by atoms with van der Waals surface area (Å²) in [6, 6.07) is 0.977. The fraction of sp³-hybridized carbons (Fsp3) is 0.581. The van der Waals surface area contributed by atoms with Crippen molar-refractivity contribution in [3.05, 3.63) is 41.2 Å². The number of phenols is 2. The first-order valence-electron chi connectivity index (χ1n) is 20.0. The van der Waals surface area contributed by atoms with Crippen LogP contribution < -0.4 is 15.4 Å². The molecule has 59 heavy (non-hydrogen) atoms. The van der Waals surface area contributed by atoms with Crippen LogP contribution in [0.1, 0.15) is 83.7 Å². The van der Waals surface area contributed by atoms with Gasteiger partial charge in [-0.15, -0.1) is 0 Å². The SMILES string of the molecule is CO[C@H]1C=CO[C@@]2(C)Oc3c(C)c(O)c4c(O)c(cc(N[C@@H]5CC[C@@H](O)O[C@H]5C)c4c3C2=O)NC(=O)/C(C)=C\C(=O)[C@@H]2C[C@@H]2[C@H](O)[C@@H](C)[C@@H](O)[C@@H](C)[C@H](OC(C)=O)[C@@H]1C. The molecule has 5 bridgehead atoms. The quantitative estimate of drug-likeness (QED) is 0.129. The van der Waals surface area contributed by atoms with Crippen LogP contribution in [-0.4, -0.2) is 105 Å². The molecule has 0 unspecified atom stereocenters. The highest BCUT2D eigenvalue weighted by Gasteiger charge is 2.51. The van der Waals surface area contributed by atoms with E-state index in [-0.39, 0.29) is 44.6 Å².